The van der Waals surface area contributed by atoms with E-state index in [0.717, 1.165) is 0 Å². The lowest BCUT2D eigenvalue weighted by molar-refractivity contribution is 0.0520. The molecule has 0 saturated heterocycles. The molecule has 0 aliphatic heterocycles. The first-order valence-corrected chi connectivity index (χ1v) is 6.61. The van der Waals surface area contributed by atoms with Crippen molar-refractivity contribution in [2.75, 3.05) is 25.3 Å². The Balaban J connectivity index is 3.05. The van der Waals surface area contributed by atoms with E-state index in [4.69, 9.17) is 9.47 Å². The smallest absolute Gasteiger partial charge is 0.429 e. The highest BCUT2D eigenvalue weighted by Crippen LogP contribution is 2.09. The minimum atomic E-state index is -0.643. The van der Waals surface area contributed by atoms with Gasteiger partial charge in [0.2, 0.25) is 0 Å². The van der Waals surface area contributed by atoms with E-state index in [0.29, 0.717) is 4.90 Å². The molecule has 0 fully saturated rings. The lowest BCUT2D eigenvalue weighted by atomic mass is 10.2. The Bertz CT molecular complexity index is 522. The molecule has 1 amide bonds. The SMILES string of the molecule is COCCN(C(=O)OC(C)(C)C)n1ccc(S)cc1=O. The first kappa shape index (κ1) is 16.6. The monoisotopic (exact) mass is 300 g/mol. The number of aromatic nitrogens is 1. The summed E-state index contributed by atoms with van der Waals surface area (Å²) >= 11 is 4.09. The fourth-order valence-corrected chi connectivity index (χ4v) is 1.62. The van der Waals surface area contributed by atoms with Gasteiger partial charge in [-0.1, -0.05) is 0 Å². The van der Waals surface area contributed by atoms with Crippen molar-refractivity contribution in [1.29, 1.82) is 0 Å². The van der Waals surface area contributed by atoms with Crippen LogP contribution in [0.25, 0.3) is 0 Å². The van der Waals surface area contributed by atoms with Crippen molar-refractivity contribution in [3.63, 3.8) is 0 Å². The molecule has 1 aromatic rings. The van der Waals surface area contributed by atoms with E-state index in [-0.39, 0.29) is 18.7 Å². The fourth-order valence-electron chi connectivity index (χ4n) is 1.44. The molecule has 0 atom stereocenters. The molecule has 7 heteroatoms. The topological polar surface area (TPSA) is 60.8 Å². The number of carbonyl (C=O) groups is 1. The molecule has 0 aliphatic carbocycles. The third kappa shape index (κ3) is 4.90. The Morgan fingerprint density at radius 3 is 2.60 bits per heavy atom. The molecule has 0 N–H and O–H groups in total. The molecule has 0 bridgehead atoms. The largest absolute Gasteiger partial charge is 0.442 e. The number of amides is 1. The second kappa shape index (κ2) is 6.81. The summed E-state index contributed by atoms with van der Waals surface area (Å²) < 4.78 is 11.4. The Morgan fingerprint density at radius 2 is 2.10 bits per heavy atom. The maximum atomic E-state index is 12.2. The van der Waals surface area contributed by atoms with Crippen LogP contribution in [0, 0.1) is 0 Å². The van der Waals surface area contributed by atoms with E-state index < -0.39 is 11.7 Å². The van der Waals surface area contributed by atoms with E-state index in [1.54, 1.807) is 26.8 Å². The minimum Gasteiger partial charge on any atom is -0.442 e. The summed E-state index contributed by atoms with van der Waals surface area (Å²) in [5, 5.41) is 1.20. The minimum absolute atomic E-state index is 0.206. The van der Waals surface area contributed by atoms with Crippen LogP contribution in [-0.4, -0.2) is 36.6 Å². The summed E-state index contributed by atoms with van der Waals surface area (Å²) in [6.07, 6.45) is 0.869. The summed E-state index contributed by atoms with van der Waals surface area (Å²) in [6.45, 7) is 5.78. The highest BCUT2D eigenvalue weighted by molar-refractivity contribution is 7.80. The Kier molecular flexibility index (Phi) is 5.64. The molecule has 1 rings (SSSR count). The maximum absolute atomic E-state index is 12.2. The number of nitrogens with zero attached hydrogens (tertiary/aromatic N) is 2. The first-order valence-electron chi connectivity index (χ1n) is 6.16. The lowest BCUT2D eigenvalue weighted by Gasteiger charge is -2.28. The van der Waals surface area contributed by atoms with Gasteiger partial charge in [0, 0.05) is 24.3 Å². The van der Waals surface area contributed by atoms with Gasteiger partial charge in [-0.05, 0) is 26.8 Å². The van der Waals surface area contributed by atoms with Crippen molar-refractivity contribution in [3.8, 4) is 0 Å². The average molecular weight is 300 g/mol. The van der Waals surface area contributed by atoms with Gasteiger partial charge in [-0.15, -0.1) is 12.6 Å². The molecule has 0 spiro atoms. The molecule has 0 aliphatic rings. The van der Waals surface area contributed by atoms with Crippen molar-refractivity contribution >= 4 is 18.7 Å². The van der Waals surface area contributed by atoms with Crippen LogP contribution in [0.4, 0.5) is 4.79 Å². The van der Waals surface area contributed by atoms with Crippen LogP contribution in [0.15, 0.2) is 28.0 Å². The van der Waals surface area contributed by atoms with Crippen molar-refractivity contribution in [1.82, 2.24) is 4.68 Å². The summed E-state index contributed by atoms with van der Waals surface area (Å²) in [7, 11) is 1.52. The van der Waals surface area contributed by atoms with Gasteiger partial charge in [-0.3, -0.25) is 4.79 Å². The Hall–Kier alpha value is -1.47. The zero-order valence-electron chi connectivity index (χ0n) is 12.1. The number of ether oxygens (including phenoxy) is 2. The third-order valence-corrected chi connectivity index (χ3v) is 2.53. The Morgan fingerprint density at radius 1 is 1.45 bits per heavy atom. The molecule has 0 unspecified atom stereocenters. The quantitative estimate of drug-likeness (QED) is 0.859. The summed E-state index contributed by atoms with van der Waals surface area (Å²) in [6, 6.07) is 2.95. The van der Waals surface area contributed by atoms with Crippen LogP contribution in [0.3, 0.4) is 0 Å². The summed E-state index contributed by atoms with van der Waals surface area (Å²) in [4.78, 5) is 24.6. The van der Waals surface area contributed by atoms with Crippen molar-refractivity contribution in [3.05, 3.63) is 28.7 Å². The third-order valence-electron chi connectivity index (χ3n) is 2.26. The van der Waals surface area contributed by atoms with Gasteiger partial charge in [-0.25, -0.2) is 14.5 Å². The predicted octanol–water partition coefficient (Wildman–Crippen LogP) is 1.66. The normalized spacial score (nSPS) is 11.2. The van der Waals surface area contributed by atoms with E-state index in [1.165, 1.54) is 29.1 Å². The van der Waals surface area contributed by atoms with Gasteiger partial charge in [0.15, 0.2) is 0 Å². The van der Waals surface area contributed by atoms with E-state index in [2.05, 4.69) is 12.6 Å². The molecule has 1 heterocycles. The van der Waals surface area contributed by atoms with Gasteiger partial charge in [0.05, 0.1) is 13.2 Å². The highest BCUT2D eigenvalue weighted by Gasteiger charge is 2.23. The molecule has 0 radical (unpaired) electrons. The van der Waals surface area contributed by atoms with Crippen molar-refractivity contribution < 1.29 is 14.3 Å². The predicted molar refractivity (Wildman–Crippen MR) is 79.1 cm³/mol. The molecule has 6 nitrogen and oxygen atoms in total. The highest BCUT2D eigenvalue weighted by atomic mass is 32.1. The standard InChI is InChI=1S/C13H20N2O4S/c1-13(2,3)19-12(17)15(7-8-18-4)14-6-5-10(20)9-11(14)16/h5-6,9,20H,7-8H2,1-4H3. The fraction of sp³-hybridized carbons (Fsp3) is 0.538. The van der Waals surface area contributed by atoms with E-state index in [1.807, 2.05) is 0 Å². The first-order chi connectivity index (χ1) is 9.24. The molecule has 0 aromatic carbocycles. The van der Waals surface area contributed by atoms with Crippen LogP contribution in [-0.2, 0) is 9.47 Å². The van der Waals surface area contributed by atoms with Crippen molar-refractivity contribution in [2.45, 2.75) is 31.3 Å². The molecule has 0 saturated carbocycles. The van der Waals surface area contributed by atoms with Gasteiger partial charge in [0.25, 0.3) is 5.56 Å². The van der Waals surface area contributed by atoms with Crippen molar-refractivity contribution in [2.24, 2.45) is 0 Å². The van der Waals surface area contributed by atoms with Gasteiger partial charge < -0.3 is 9.47 Å². The number of rotatable bonds is 4. The van der Waals surface area contributed by atoms with Crippen LogP contribution in [0.2, 0.25) is 0 Å². The molecule has 20 heavy (non-hydrogen) atoms. The Labute approximate surface area is 123 Å². The number of carbonyl (C=O) groups excluding carboxylic acids is 1. The van der Waals surface area contributed by atoms with Gasteiger partial charge in [0.1, 0.15) is 5.60 Å². The molecule has 112 valence electrons. The van der Waals surface area contributed by atoms with Crippen LogP contribution in [0.5, 0.6) is 0 Å². The number of methoxy groups -OCH3 is 1. The average Bonchev–Trinajstić information content (AvgIpc) is 2.29. The van der Waals surface area contributed by atoms with E-state index >= 15 is 0 Å². The second-order valence-electron chi connectivity index (χ2n) is 5.16. The number of thiol groups is 1. The number of hydrogen-bond acceptors (Lipinski definition) is 5. The second-order valence-corrected chi connectivity index (χ2v) is 5.68. The molecular formula is C13H20N2O4S. The maximum Gasteiger partial charge on any atom is 0.429 e. The summed E-state index contributed by atoms with van der Waals surface area (Å²) in [5.74, 6) is 0. The molecular weight excluding hydrogens is 280 g/mol. The number of pyridine rings is 1. The van der Waals surface area contributed by atoms with Crippen LogP contribution < -0.4 is 10.6 Å². The lowest BCUT2D eigenvalue weighted by Crippen LogP contribution is -2.49. The molecule has 1 aromatic heterocycles. The van der Waals surface area contributed by atoms with Crippen LogP contribution in [0.1, 0.15) is 20.8 Å². The zero-order valence-corrected chi connectivity index (χ0v) is 13.0. The van der Waals surface area contributed by atoms with E-state index in [9.17, 15) is 9.59 Å². The van der Waals surface area contributed by atoms with Gasteiger partial charge >= 0.3 is 6.09 Å². The number of hydrogen-bond donors (Lipinski definition) is 1. The zero-order chi connectivity index (χ0) is 15.3. The van der Waals surface area contributed by atoms with Crippen LogP contribution >= 0.6 is 12.6 Å². The van der Waals surface area contributed by atoms with Gasteiger partial charge in [-0.2, -0.15) is 0 Å². The summed E-state index contributed by atoms with van der Waals surface area (Å²) in [5.41, 5.74) is -1.00.